The summed E-state index contributed by atoms with van der Waals surface area (Å²) in [7, 11) is 1.72. The molecule has 0 atom stereocenters. The average Bonchev–Trinajstić information content (AvgIpc) is 2.28. The van der Waals surface area contributed by atoms with Gasteiger partial charge in [0.15, 0.2) is 0 Å². The van der Waals surface area contributed by atoms with Crippen molar-refractivity contribution in [2.75, 3.05) is 24.2 Å². The number of aromatic nitrogens is 2. The molecule has 7 heteroatoms. The van der Waals surface area contributed by atoms with Gasteiger partial charge in [-0.2, -0.15) is 13.2 Å². The number of anilines is 2. The molecule has 0 spiro atoms. The Morgan fingerprint density at radius 1 is 1.05 bits per heavy atom. The molecule has 1 aromatic rings. The van der Waals surface area contributed by atoms with E-state index in [-0.39, 0.29) is 12.0 Å². The third-order valence-corrected chi connectivity index (χ3v) is 2.75. The van der Waals surface area contributed by atoms with E-state index in [1.807, 2.05) is 20.8 Å². The van der Waals surface area contributed by atoms with Crippen LogP contribution in [0.25, 0.3) is 0 Å². The first-order valence-electron chi connectivity index (χ1n) is 6.42. The zero-order chi connectivity index (χ0) is 15.6. The van der Waals surface area contributed by atoms with Gasteiger partial charge in [-0.25, -0.2) is 9.97 Å². The molecule has 0 bridgehead atoms. The molecule has 0 fully saturated rings. The first kappa shape index (κ1) is 16.5. The zero-order valence-corrected chi connectivity index (χ0v) is 12.4. The van der Waals surface area contributed by atoms with Gasteiger partial charge in [0, 0.05) is 24.6 Å². The third kappa shape index (κ3) is 4.54. The molecule has 0 saturated carbocycles. The van der Waals surface area contributed by atoms with Crippen LogP contribution in [0.1, 0.15) is 38.6 Å². The van der Waals surface area contributed by atoms with Gasteiger partial charge in [-0.15, -0.1) is 0 Å². The van der Waals surface area contributed by atoms with E-state index in [0.717, 1.165) is 0 Å². The van der Waals surface area contributed by atoms with Crippen molar-refractivity contribution >= 4 is 11.6 Å². The van der Waals surface area contributed by atoms with Gasteiger partial charge in [-0.1, -0.05) is 20.8 Å². The molecule has 0 amide bonds. The van der Waals surface area contributed by atoms with Crippen molar-refractivity contribution in [3.63, 3.8) is 0 Å². The Morgan fingerprint density at radius 3 is 2.05 bits per heavy atom. The van der Waals surface area contributed by atoms with E-state index in [0.29, 0.717) is 23.0 Å². The van der Waals surface area contributed by atoms with Crippen LogP contribution in [0.3, 0.4) is 0 Å². The molecular formula is C13H21F3N4. The fraction of sp³-hybridized carbons (Fsp3) is 0.692. The van der Waals surface area contributed by atoms with Crippen molar-refractivity contribution in [2.24, 2.45) is 0 Å². The summed E-state index contributed by atoms with van der Waals surface area (Å²) in [6.07, 6.45) is -5.07. The van der Waals surface area contributed by atoms with E-state index in [2.05, 4.69) is 20.6 Å². The summed E-state index contributed by atoms with van der Waals surface area (Å²) in [4.78, 5) is 8.74. The molecule has 1 rings (SSSR count). The Hall–Kier alpha value is -1.53. The fourth-order valence-corrected chi connectivity index (χ4v) is 1.59. The second kappa shape index (κ2) is 5.85. The lowest BCUT2D eigenvalue weighted by Gasteiger charge is -2.21. The summed E-state index contributed by atoms with van der Waals surface area (Å²) in [5, 5.41) is 5.69. The number of halogens is 3. The second-order valence-electron chi connectivity index (χ2n) is 5.66. The minimum atomic E-state index is -4.17. The van der Waals surface area contributed by atoms with Crippen LogP contribution in [0.15, 0.2) is 0 Å². The van der Waals surface area contributed by atoms with Crippen molar-refractivity contribution < 1.29 is 13.2 Å². The van der Waals surface area contributed by atoms with Gasteiger partial charge in [-0.05, 0) is 6.92 Å². The van der Waals surface area contributed by atoms with Crippen molar-refractivity contribution in [1.82, 2.24) is 9.97 Å². The van der Waals surface area contributed by atoms with E-state index >= 15 is 0 Å². The molecule has 0 radical (unpaired) electrons. The molecule has 2 N–H and O–H groups in total. The van der Waals surface area contributed by atoms with Crippen LogP contribution in [0.4, 0.5) is 24.8 Å². The summed E-state index contributed by atoms with van der Waals surface area (Å²) in [6.45, 7) is 7.44. The number of hydrogen-bond acceptors (Lipinski definition) is 4. The lowest BCUT2D eigenvalue weighted by atomic mass is 9.95. The lowest BCUT2D eigenvalue weighted by Crippen LogP contribution is -2.21. The van der Waals surface area contributed by atoms with Crippen molar-refractivity contribution in [2.45, 2.75) is 45.7 Å². The monoisotopic (exact) mass is 290 g/mol. The molecule has 1 aromatic heterocycles. The van der Waals surface area contributed by atoms with Crippen LogP contribution in [0.5, 0.6) is 0 Å². The van der Waals surface area contributed by atoms with E-state index < -0.39 is 12.6 Å². The molecule has 0 unspecified atom stereocenters. The van der Waals surface area contributed by atoms with Crippen LogP contribution in [0.2, 0.25) is 0 Å². The highest BCUT2D eigenvalue weighted by molar-refractivity contribution is 5.57. The quantitative estimate of drug-likeness (QED) is 0.891. The number of hydrogen-bond donors (Lipinski definition) is 2. The van der Waals surface area contributed by atoms with Crippen LogP contribution in [0, 0.1) is 6.92 Å². The minimum absolute atomic E-state index is 0.200. The highest BCUT2D eigenvalue weighted by Gasteiger charge is 2.27. The van der Waals surface area contributed by atoms with Gasteiger partial charge in [0.2, 0.25) is 0 Å². The van der Waals surface area contributed by atoms with Crippen molar-refractivity contribution in [3.8, 4) is 0 Å². The van der Waals surface area contributed by atoms with Gasteiger partial charge >= 0.3 is 6.18 Å². The van der Waals surface area contributed by atoms with Gasteiger partial charge < -0.3 is 10.6 Å². The van der Waals surface area contributed by atoms with Crippen LogP contribution >= 0.6 is 0 Å². The summed E-state index contributed by atoms with van der Waals surface area (Å²) in [5.74, 6) is 1.65. The highest BCUT2D eigenvalue weighted by Crippen LogP contribution is 2.26. The maximum atomic E-state index is 12.2. The number of rotatable bonds is 4. The molecule has 114 valence electrons. The third-order valence-electron chi connectivity index (χ3n) is 2.75. The maximum absolute atomic E-state index is 12.2. The van der Waals surface area contributed by atoms with Crippen molar-refractivity contribution in [1.29, 1.82) is 0 Å². The standard InChI is InChI=1S/C13H21F3N4/c1-8-9(17-5)19-11(12(2,3)4)20-10(8)18-7-6-13(14,15)16/h6-7H2,1-5H3,(H2,17,18,19,20). The van der Waals surface area contributed by atoms with Gasteiger partial charge in [0.1, 0.15) is 17.5 Å². The van der Waals surface area contributed by atoms with Crippen LogP contribution in [-0.4, -0.2) is 29.7 Å². The predicted molar refractivity (Wildman–Crippen MR) is 74.2 cm³/mol. The van der Waals surface area contributed by atoms with E-state index in [1.54, 1.807) is 14.0 Å². The maximum Gasteiger partial charge on any atom is 0.390 e. The normalized spacial score (nSPS) is 12.4. The van der Waals surface area contributed by atoms with E-state index in [1.165, 1.54) is 0 Å². The summed E-state index contributed by atoms with van der Waals surface area (Å²) in [6, 6.07) is 0. The molecule has 20 heavy (non-hydrogen) atoms. The van der Waals surface area contributed by atoms with E-state index in [9.17, 15) is 13.2 Å². The lowest BCUT2D eigenvalue weighted by molar-refractivity contribution is -0.131. The first-order chi connectivity index (χ1) is 9.04. The first-order valence-corrected chi connectivity index (χ1v) is 6.42. The Kier molecular flexibility index (Phi) is 4.83. The van der Waals surface area contributed by atoms with Crippen molar-refractivity contribution in [3.05, 3.63) is 11.4 Å². The molecule has 0 aromatic carbocycles. The molecule has 4 nitrogen and oxygen atoms in total. The number of nitrogens with one attached hydrogen (secondary N) is 2. The Labute approximate surface area is 117 Å². The molecule has 0 saturated heterocycles. The Morgan fingerprint density at radius 2 is 1.60 bits per heavy atom. The minimum Gasteiger partial charge on any atom is -0.373 e. The second-order valence-corrected chi connectivity index (χ2v) is 5.66. The van der Waals surface area contributed by atoms with Crippen LogP contribution in [-0.2, 0) is 5.41 Å². The average molecular weight is 290 g/mol. The largest absolute Gasteiger partial charge is 0.390 e. The zero-order valence-electron chi connectivity index (χ0n) is 12.4. The summed E-state index contributed by atoms with van der Waals surface area (Å²) >= 11 is 0. The molecule has 1 heterocycles. The Bertz CT molecular complexity index is 464. The molecular weight excluding hydrogens is 269 g/mol. The van der Waals surface area contributed by atoms with Gasteiger partial charge in [0.25, 0.3) is 0 Å². The van der Waals surface area contributed by atoms with Gasteiger partial charge in [0.05, 0.1) is 6.42 Å². The highest BCUT2D eigenvalue weighted by atomic mass is 19.4. The number of alkyl halides is 3. The summed E-state index contributed by atoms with van der Waals surface area (Å²) < 4.78 is 36.6. The molecule has 0 aliphatic carbocycles. The smallest absolute Gasteiger partial charge is 0.373 e. The SMILES string of the molecule is CNc1nc(C(C)(C)C)nc(NCCC(F)(F)F)c1C. The Balaban J connectivity index is 3.00. The topological polar surface area (TPSA) is 49.8 Å². The van der Waals surface area contributed by atoms with Crippen LogP contribution < -0.4 is 10.6 Å². The molecule has 0 aliphatic rings. The number of nitrogens with zero attached hydrogens (tertiary/aromatic N) is 2. The fourth-order valence-electron chi connectivity index (χ4n) is 1.59. The predicted octanol–water partition coefficient (Wildman–Crippen LogP) is 3.49. The molecule has 0 aliphatic heterocycles. The summed E-state index contributed by atoms with van der Waals surface area (Å²) in [5.41, 5.74) is 0.433. The van der Waals surface area contributed by atoms with Gasteiger partial charge in [-0.3, -0.25) is 0 Å². The van der Waals surface area contributed by atoms with E-state index in [4.69, 9.17) is 0 Å².